The molecule has 1 fully saturated rings. The first-order valence-corrected chi connectivity index (χ1v) is 3.75. The molecule has 1 aliphatic carbocycles. The van der Waals surface area contributed by atoms with E-state index in [1.54, 1.807) is 0 Å². The molecule has 0 radical (unpaired) electrons. The molecule has 4 N–H and O–H groups in total. The maximum atomic E-state index is 10.5. The summed E-state index contributed by atoms with van der Waals surface area (Å²) in [6.07, 6.45) is 1.14. The lowest BCUT2D eigenvalue weighted by Crippen LogP contribution is -2.48. The summed E-state index contributed by atoms with van der Waals surface area (Å²) in [6, 6.07) is -1.03. The zero-order chi connectivity index (χ0) is 9.30. The van der Waals surface area contributed by atoms with Crippen LogP contribution in [0.4, 0.5) is 0 Å². The molecule has 0 aliphatic heterocycles. The number of hydrogen-bond donors (Lipinski definition) is 3. The van der Waals surface area contributed by atoms with Gasteiger partial charge in [0.2, 0.25) is 0 Å². The van der Waals surface area contributed by atoms with Crippen LogP contribution in [-0.4, -0.2) is 28.2 Å². The fraction of sp³-hybridized carbons (Fsp3) is 0.714. The molecular weight excluding hydrogens is 162 g/mol. The Kier molecular flexibility index (Phi) is 2.32. The Morgan fingerprint density at radius 1 is 1.33 bits per heavy atom. The van der Waals surface area contributed by atoms with Gasteiger partial charge in [0.05, 0.1) is 5.92 Å². The molecule has 0 aromatic carbocycles. The Bertz CT molecular complexity index is 199. The lowest BCUT2D eigenvalue weighted by molar-refractivity contribution is -0.151. The Balaban J connectivity index is 2.54. The van der Waals surface area contributed by atoms with Crippen molar-refractivity contribution in [2.45, 2.75) is 18.9 Å². The maximum absolute atomic E-state index is 10.5. The van der Waals surface area contributed by atoms with Crippen LogP contribution < -0.4 is 5.73 Å². The molecule has 0 unspecified atom stereocenters. The van der Waals surface area contributed by atoms with E-state index in [0.717, 1.165) is 0 Å². The lowest BCUT2D eigenvalue weighted by Gasteiger charge is -2.35. The van der Waals surface area contributed by atoms with Gasteiger partial charge in [0, 0.05) is 0 Å². The number of hydrogen-bond acceptors (Lipinski definition) is 3. The normalized spacial score (nSPS) is 30.4. The standard InChI is InChI=1S/C7H11NO4/c8-5(7(11)12)3-1-2-4(3)6(9)10/h3-5H,1-2,8H2,(H,9,10)(H,11,12)/t3-,4-,5-/m0/s1. The molecule has 0 amide bonds. The summed E-state index contributed by atoms with van der Waals surface area (Å²) < 4.78 is 0. The zero-order valence-electron chi connectivity index (χ0n) is 6.43. The summed E-state index contributed by atoms with van der Waals surface area (Å²) in [4.78, 5) is 20.9. The zero-order valence-corrected chi connectivity index (χ0v) is 6.43. The topological polar surface area (TPSA) is 101 Å². The predicted octanol–water partition coefficient (Wildman–Crippen LogP) is -0.491. The van der Waals surface area contributed by atoms with Gasteiger partial charge in [0.1, 0.15) is 6.04 Å². The third kappa shape index (κ3) is 1.40. The largest absolute Gasteiger partial charge is 0.481 e. The minimum atomic E-state index is -1.12. The van der Waals surface area contributed by atoms with E-state index in [1.807, 2.05) is 0 Å². The third-order valence-electron chi connectivity index (χ3n) is 2.39. The first-order chi connectivity index (χ1) is 5.54. The van der Waals surface area contributed by atoms with E-state index < -0.39 is 23.9 Å². The van der Waals surface area contributed by atoms with Crippen LogP contribution in [0.25, 0.3) is 0 Å². The highest BCUT2D eigenvalue weighted by Gasteiger charge is 2.42. The average molecular weight is 173 g/mol. The summed E-state index contributed by atoms with van der Waals surface area (Å²) in [5, 5.41) is 17.1. The van der Waals surface area contributed by atoms with Crippen molar-refractivity contribution >= 4 is 11.9 Å². The average Bonchev–Trinajstić information content (AvgIpc) is 1.82. The molecule has 0 spiro atoms. The van der Waals surface area contributed by atoms with E-state index in [9.17, 15) is 9.59 Å². The van der Waals surface area contributed by atoms with E-state index in [-0.39, 0.29) is 5.92 Å². The fourth-order valence-electron chi connectivity index (χ4n) is 1.45. The Morgan fingerprint density at radius 2 is 1.92 bits per heavy atom. The van der Waals surface area contributed by atoms with Crippen molar-refractivity contribution in [1.29, 1.82) is 0 Å². The minimum Gasteiger partial charge on any atom is -0.481 e. The second kappa shape index (κ2) is 3.10. The summed E-state index contributed by atoms with van der Waals surface area (Å²) in [7, 11) is 0. The predicted molar refractivity (Wildman–Crippen MR) is 39.5 cm³/mol. The van der Waals surface area contributed by atoms with Crippen molar-refractivity contribution in [3.8, 4) is 0 Å². The molecule has 0 saturated heterocycles. The Hall–Kier alpha value is -1.10. The van der Waals surface area contributed by atoms with Crippen LogP contribution in [0.3, 0.4) is 0 Å². The number of carbonyl (C=O) groups is 2. The van der Waals surface area contributed by atoms with Crippen molar-refractivity contribution in [3.63, 3.8) is 0 Å². The summed E-state index contributed by atoms with van der Waals surface area (Å²) in [5.74, 6) is -3.01. The van der Waals surface area contributed by atoms with Gasteiger partial charge in [-0.1, -0.05) is 0 Å². The van der Waals surface area contributed by atoms with Gasteiger partial charge in [0.25, 0.3) is 0 Å². The fourth-order valence-corrected chi connectivity index (χ4v) is 1.45. The number of nitrogens with two attached hydrogens (primary N) is 1. The van der Waals surface area contributed by atoms with Gasteiger partial charge in [-0.3, -0.25) is 9.59 Å². The van der Waals surface area contributed by atoms with Gasteiger partial charge in [-0.05, 0) is 18.8 Å². The van der Waals surface area contributed by atoms with E-state index in [2.05, 4.69) is 0 Å². The molecule has 12 heavy (non-hydrogen) atoms. The summed E-state index contributed by atoms with van der Waals surface area (Å²) in [6.45, 7) is 0. The second-order valence-electron chi connectivity index (χ2n) is 3.05. The molecular formula is C7H11NO4. The van der Waals surface area contributed by atoms with Gasteiger partial charge in [-0.15, -0.1) is 0 Å². The third-order valence-corrected chi connectivity index (χ3v) is 2.39. The number of aliphatic carboxylic acids is 2. The van der Waals surface area contributed by atoms with Crippen LogP contribution in [0, 0.1) is 11.8 Å². The van der Waals surface area contributed by atoms with Crippen LogP contribution in [0.2, 0.25) is 0 Å². The number of rotatable bonds is 3. The molecule has 0 bridgehead atoms. The van der Waals surface area contributed by atoms with Crippen LogP contribution in [0.15, 0.2) is 0 Å². The van der Waals surface area contributed by atoms with Crippen molar-refractivity contribution in [3.05, 3.63) is 0 Å². The molecule has 0 aromatic heterocycles. The van der Waals surface area contributed by atoms with Crippen LogP contribution in [0.5, 0.6) is 0 Å². The van der Waals surface area contributed by atoms with Crippen LogP contribution in [0.1, 0.15) is 12.8 Å². The molecule has 3 atom stereocenters. The van der Waals surface area contributed by atoms with Gasteiger partial charge >= 0.3 is 11.9 Å². The smallest absolute Gasteiger partial charge is 0.320 e. The van der Waals surface area contributed by atoms with Gasteiger partial charge in [0.15, 0.2) is 0 Å². The van der Waals surface area contributed by atoms with Crippen molar-refractivity contribution in [2.24, 2.45) is 17.6 Å². The highest BCUT2D eigenvalue weighted by molar-refractivity contribution is 5.77. The number of carboxylic acids is 2. The molecule has 5 heteroatoms. The quantitative estimate of drug-likeness (QED) is 0.534. The summed E-state index contributed by atoms with van der Waals surface area (Å²) >= 11 is 0. The molecule has 5 nitrogen and oxygen atoms in total. The molecule has 1 saturated carbocycles. The van der Waals surface area contributed by atoms with E-state index in [0.29, 0.717) is 12.8 Å². The summed E-state index contributed by atoms with van der Waals surface area (Å²) in [5.41, 5.74) is 5.29. The first-order valence-electron chi connectivity index (χ1n) is 3.75. The second-order valence-corrected chi connectivity index (χ2v) is 3.05. The number of carboxylic acid groups (broad SMARTS) is 2. The first kappa shape index (κ1) is 8.99. The van der Waals surface area contributed by atoms with Crippen LogP contribution in [-0.2, 0) is 9.59 Å². The van der Waals surface area contributed by atoms with Crippen molar-refractivity contribution in [1.82, 2.24) is 0 Å². The van der Waals surface area contributed by atoms with E-state index >= 15 is 0 Å². The van der Waals surface area contributed by atoms with Crippen molar-refractivity contribution < 1.29 is 19.8 Å². The molecule has 68 valence electrons. The minimum absolute atomic E-state index is 0.389. The van der Waals surface area contributed by atoms with Gasteiger partial charge < -0.3 is 15.9 Å². The molecule has 1 rings (SSSR count). The molecule has 1 aliphatic rings. The van der Waals surface area contributed by atoms with E-state index in [1.165, 1.54) is 0 Å². The van der Waals surface area contributed by atoms with Gasteiger partial charge in [-0.25, -0.2) is 0 Å². The van der Waals surface area contributed by atoms with E-state index in [4.69, 9.17) is 15.9 Å². The monoisotopic (exact) mass is 173 g/mol. The highest BCUT2D eigenvalue weighted by Crippen LogP contribution is 2.36. The Labute approximate surface area is 69.2 Å². The van der Waals surface area contributed by atoms with Crippen LogP contribution >= 0.6 is 0 Å². The molecule has 0 aromatic rings. The van der Waals surface area contributed by atoms with Crippen molar-refractivity contribution in [2.75, 3.05) is 0 Å². The van der Waals surface area contributed by atoms with Gasteiger partial charge in [-0.2, -0.15) is 0 Å². The maximum Gasteiger partial charge on any atom is 0.320 e. The lowest BCUT2D eigenvalue weighted by atomic mass is 9.70. The molecule has 0 heterocycles. The Morgan fingerprint density at radius 3 is 2.17 bits per heavy atom. The SMILES string of the molecule is N[C@H](C(=O)O)[C@H]1CC[C@@H]1C(=O)O. The highest BCUT2D eigenvalue weighted by atomic mass is 16.4.